The van der Waals surface area contributed by atoms with Gasteiger partial charge >= 0.3 is 0 Å². The van der Waals surface area contributed by atoms with E-state index >= 15 is 0 Å². The Hall–Kier alpha value is -2.63. The number of rotatable bonds is 6. The summed E-state index contributed by atoms with van der Waals surface area (Å²) < 4.78 is 75.6. The van der Waals surface area contributed by atoms with Crippen LogP contribution in [0.15, 0.2) is 36.4 Å². The molecule has 4 rings (SSSR count). The Balaban J connectivity index is 1.47. The van der Waals surface area contributed by atoms with Crippen LogP contribution < -0.4 is 4.74 Å². The third kappa shape index (κ3) is 4.59. The Bertz CT molecular complexity index is 1100. The zero-order chi connectivity index (χ0) is 22.8. The zero-order valence-corrected chi connectivity index (χ0v) is 17.9. The molecule has 6 heteroatoms. The summed E-state index contributed by atoms with van der Waals surface area (Å²) in [7, 11) is 0. The predicted octanol–water partition coefficient (Wildman–Crippen LogP) is 8.19. The van der Waals surface area contributed by atoms with Crippen molar-refractivity contribution in [2.45, 2.75) is 58.0 Å². The SMILES string of the molecule is CCCC1CCC(c2cc(F)c(COc3ccc4c(F)c(F)c(F)cc4c3)c(F)c2)CC1. The minimum absolute atomic E-state index is 0.0915. The van der Waals surface area contributed by atoms with Crippen LogP contribution in [-0.4, -0.2) is 0 Å². The second kappa shape index (κ2) is 9.47. The Labute approximate surface area is 184 Å². The summed E-state index contributed by atoms with van der Waals surface area (Å²) in [6, 6.07) is 7.53. The average molecular weight is 448 g/mol. The monoisotopic (exact) mass is 448 g/mol. The molecule has 0 unspecified atom stereocenters. The van der Waals surface area contributed by atoms with Gasteiger partial charge in [0.05, 0.1) is 5.56 Å². The molecule has 1 saturated carbocycles. The van der Waals surface area contributed by atoms with Gasteiger partial charge in [-0.25, -0.2) is 22.0 Å². The molecule has 0 saturated heterocycles. The topological polar surface area (TPSA) is 9.23 Å². The summed E-state index contributed by atoms with van der Waals surface area (Å²) in [5.41, 5.74) is 0.474. The van der Waals surface area contributed by atoms with E-state index in [2.05, 4.69) is 6.92 Å². The van der Waals surface area contributed by atoms with Gasteiger partial charge in [-0.05, 0) is 84.9 Å². The van der Waals surface area contributed by atoms with E-state index in [1.54, 1.807) is 0 Å². The fourth-order valence-corrected chi connectivity index (χ4v) is 4.72. The highest BCUT2D eigenvalue weighted by atomic mass is 19.2. The van der Waals surface area contributed by atoms with Crippen molar-refractivity contribution < 1.29 is 26.7 Å². The first-order valence-electron chi connectivity index (χ1n) is 11.0. The third-order valence-electron chi connectivity index (χ3n) is 6.51. The van der Waals surface area contributed by atoms with Gasteiger partial charge in [-0.3, -0.25) is 0 Å². The maximum atomic E-state index is 14.7. The van der Waals surface area contributed by atoms with E-state index in [-0.39, 0.29) is 34.6 Å². The summed E-state index contributed by atoms with van der Waals surface area (Å²) >= 11 is 0. The van der Waals surface area contributed by atoms with Gasteiger partial charge < -0.3 is 4.74 Å². The van der Waals surface area contributed by atoms with Crippen LogP contribution in [-0.2, 0) is 6.61 Å². The lowest BCUT2D eigenvalue weighted by atomic mass is 9.77. The first-order chi connectivity index (χ1) is 15.4. The van der Waals surface area contributed by atoms with Crippen LogP contribution in [0.1, 0.15) is 62.5 Å². The van der Waals surface area contributed by atoms with Crippen molar-refractivity contribution in [3.8, 4) is 5.75 Å². The minimum atomic E-state index is -1.55. The van der Waals surface area contributed by atoms with Gasteiger partial charge in [0.1, 0.15) is 24.0 Å². The number of benzene rings is 3. The fourth-order valence-electron chi connectivity index (χ4n) is 4.72. The first kappa shape index (κ1) is 22.6. The Morgan fingerprint density at radius 2 is 1.50 bits per heavy atom. The summed E-state index contributed by atoms with van der Waals surface area (Å²) in [5, 5.41) is -0.0134. The Morgan fingerprint density at radius 1 is 0.812 bits per heavy atom. The number of fused-ring (bicyclic) bond motifs is 1. The second-order valence-electron chi connectivity index (χ2n) is 8.63. The largest absolute Gasteiger partial charge is 0.489 e. The van der Waals surface area contributed by atoms with Gasteiger partial charge in [0, 0.05) is 5.39 Å². The summed E-state index contributed by atoms with van der Waals surface area (Å²) in [6.07, 6.45) is 6.40. The molecule has 170 valence electrons. The van der Waals surface area contributed by atoms with Crippen LogP contribution in [0.4, 0.5) is 22.0 Å². The molecule has 0 aromatic heterocycles. The summed E-state index contributed by atoms with van der Waals surface area (Å²) in [6.45, 7) is 1.80. The molecule has 0 N–H and O–H groups in total. The van der Waals surface area contributed by atoms with Gasteiger partial charge in [0.15, 0.2) is 17.5 Å². The van der Waals surface area contributed by atoms with E-state index in [1.807, 2.05) is 0 Å². The molecular formula is C26H25F5O. The van der Waals surface area contributed by atoms with Gasteiger partial charge in [-0.1, -0.05) is 19.8 Å². The first-order valence-corrected chi connectivity index (χ1v) is 11.0. The van der Waals surface area contributed by atoms with Crippen LogP contribution >= 0.6 is 0 Å². The molecule has 0 heterocycles. The highest BCUT2D eigenvalue weighted by Gasteiger charge is 2.24. The van der Waals surface area contributed by atoms with Crippen LogP contribution in [0.25, 0.3) is 10.8 Å². The average Bonchev–Trinajstić information content (AvgIpc) is 2.77. The fraction of sp³-hybridized carbons (Fsp3) is 0.385. The van der Waals surface area contributed by atoms with Crippen molar-refractivity contribution in [1.82, 2.24) is 0 Å². The van der Waals surface area contributed by atoms with Crippen LogP contribution in [0, 0.1) is 35.0 Å². The van der Waals surface area contributed by atoms with Crippen molar-refractivity contribution in [2.24, 2.45) is 5.92 Å². The van der Waals surface area contributed by atoms with Gasteiger partial charge in [0.2, 0.25) is 0 Å². The van der Waals surface area contributed by atoms with E-state index in [0.717, 1.165) is 38.2 Å². The molecule has 0 aliphatic heterocycles. The van der Waals surface area contributed by atoms with Crippen molar-refractivity contribution in [3.63, 3.8) is 0 Å². The maximum Gasteiger partial charge on any atom is 0.195 e. The molecule has 1 nitrogen and oxygen atoms in total. The lowest BCUT2D eigenvalue weighted by molar-refractivity contribution is 0.291. The highest BCUT2D eigenvalue weighted by Crippen LogP contribution is 2.38. The third-order valence-corrected chi connectivity index (χ3v) is 6.51. The quantitative estimate of drug-likeness (QED) is 0.273. The Kier molecular flexibility index (Phi) is 6.68. The predicted molar refractivity (Wildman–Crippen MR) is 114 cm³/mol. The van der Waals surface area contributed by atoms with E-state index in [0.29, 0.717) is 11.5 Å². The number of halogens is 5. The van der Waals surface area contributed by atoms with Crippen molar-refractivity contribution in [1.29, 1.82) is 0 Å². The standard InChI is InChI=1S/C26H25F5O/c1-2-3-15-4-6-16(7-5-15)17-11-22(27)21(23(28)12-17)14-32-19-8-9-20-18(10-19)13-24(29)26(31)25(20)30/h8-13,15-16H,2-7,14H2,1H3. The van der Waals surface area contributed by atoms with E-state index in [4.69, 9.17) is 4.74 Å². The smallest absolute Gasteiger partial charge is 0.195 e. The molecule has 32 heavy (non-hydrogen) atoms. The molecule has 1 aliphatic carbocycles. The molecule has 0 atom stereocenters. The number of ether oxygens (including phenoxy) is 1. The lowest BCUT2D eigenvalue weighted by Crippen LogP contribution is -2.14. The van der Waals surface area contributed by atoms with Gasteiger partial charge in [0.25, 0.3) is 0 Å². The Morgan fingerprint density at radius 3 is 2.16 bits per heavy atom. The van der Waals surface area contributed by atoms with Crippen LogP contribution in [0.2, 0.25) is 0 Å². The summed E-state index contributed by atoms with van der Waals surface area (Å²) in [5.74, 6) is -4.46. The molecule has 1 aliphatic rings. The van der Waals surface area contributed by atoms with Crippen molar-refractivity contribution in [3.05, 3.63) is 76.6 Å². The molecule has 0 radical (unpaired) electrons. The normalized spacial score (nSPS) is 18.8. The van der Waals surface area contributed by atoms with Crippen LogP contribution in [0.5, 0.6) is 5.75 Å². The van der Waals surface area contributed by atoms with E-state index in [9.17, 15) is 22.0 Å². The van der Waals surface area contributed by atoms with Crippen molar-refractivity contribution in [2.75, 3.05) is 0 Å². The maximum absolute atomic E-state index is 14.7. The summed E-state index contributed by atoms with van der Waals surface area (Å²) in [4.78, 5) is 0. The molecule has 0 amide bonds. The molecule has 0 bridgehead atoms. The molecule has 3 aromatic rings. The van der Waals surface area contributed by atoms with Crippen molar-refractivity contribution >= 4 is 10.8 Å². The molecular weight excluding hydrogens is 423 g/mol. The highest BCUT2D eigenvalue weighted by molar-refractivity contribution is 5.84. The van der Waals surface area contributed by atoms with Gasteiger partial charge in [-0.15, -0.1) is 0 Å². The lowest BCUT2D eigenvalue weighted by Gasteiger charge is -2.29. The minimum Gasteiger partial charge on any atom is -0.489 e. The van der Waals surface area contributed by atoms with E-state index in [1.165, 1.54) is 36.8 Å². The molecule has 1 fully saturated rings. The molecule has 0 spiro atoms. The number of hydrogen-bond acceptors (Lipinski definition) is 1. The van der Waals surface area contributed by atoms with E-state index < -0.39 is 29.1 Å². The van der Waals surface area contributed by atoms with Gasteiger partial charge in [-0.2, -0.15) is 0 Å². The second-order valence-corrected chi connectivity index (χ2v) is 8.63. The molecule has 3 aromatic carbocycles. The van der Waals surface area contributed by atoms with Crippen LogP contribution in [0.3, 0.4) is 0 Å². The number of hydrogen-bond donors (Lipinski definition) is 0. The zero-order valence-electron chi connectivity index (χ0n) is 17.9.